The van der Waals surface area contributed by atoms with Crippen LogP contribution in [0.2, 0.25) is 5.02 Å². The van der Waals surface area contributed by atoms with Crippen molar-refractivity contribution >= 4 is 17.5 Å². The first-order valence-corrected chi connectivity index (χ1v) is 11.0. The fraction of sp³-hybridized carbons (Fsp3) is 0.545. The molecule has 30 heavy (non-hydrogen) atoms. The molecule has 2 fully saturated rings. The van der Waals surface area contributed by atoms with E-state index in [-0.39, 0.29) is 11.9 Å². The van der Waals surface area contributed by atoms with Crippen molar-refractivity contribution in [2.75, 3.05) is 26.3 Å². The Morgan fingerprint density at radius 3 is 2.80 bits per heavy atom. The molecule has 2 aliphatic rings. The minimum Gasteiger partial charge on any atom is -0.352 e. The summed E-state index contributed by atoms with van der Waals surface area (Å²) in [5.41, 5.74) is 1.09. The van der Waals surface area contributed by atoms with Crippen molar-refractivity contribution in [3.63, 3.8) is 0 Å². The third-order valence-electron chi connectivity index (χ3n) is 5.82. The summed E-state index contributed by atoms with van der Waals surface area (Å²) in [6.45, 7) is 3.87. The van der Waals surface area contributed by atoms with Gasteiger partial charge in [-0.2, -0.15) is 0 Å². The van der Waals surface area contributed by atoms with Crippen LogP contribution in [0.1, 0.15) is 31.2 Å². The maximum Gasteiger partial charge on any atom is 0.234 e. The van der Waals surface area contributed by atoms with Gasteiger partial charge in [-0.05, 0) is 30.5 Å². The highest BCUT2D eigenvalue weighted by Crippen LogP contribution is 2.35. The molecule has 1 amide bonds. The molecule has 7 nitrogen and oxygen atoms in total. The second-order valence-electron chi connectivity index (χ2n) is 8.09. The normalized spacial score (nSPS) is 18.9. The molecule has 1 aliphatic heterocycles. The van der Waals surface area contributed by atoms with E-state index in [9.17, 15) is 4.79 Å². The lowest BCUT2D eigenvalue weighted by atomic mass is 9.90. The maximum atomic E-state index is 12.8. The number of nitrogens with zero attached hydrogens (tertiary/aromatic N) is 3. The number of carbonyl (C=O) groups excluding carboxylic acids is 1. The second kappa shape index (κ2) is 9.92. The molecule has 1 saturated carbocycles. The molecular formula is C22H29ClN4O3. The molecule has 0 atom stereocenters. The molecule has 1 saturated heterocycles. The van der Waals surface area contributed by atoms with Gasteiger partial charge in [0.1, 0.15) is 0 Å². The van der Waals surface area contributed by atoms with Gasteiger partial charge in [-0.25, -0.2) is 4.98 Å². The zero-order valence-corrected chi connectivity index (χ0v) is 17.9. The molecule has 1 aromatic carbocycles. The van der Waals surface area contributed by atoms with Gasteiger partial charge in [-0.15, -0.1) is 0 Å². The van der Waals surface area contributed by atoms with Crippen LogP contribution in [-0.2, 0) is 27.4 Å². The standard InChI is InChI=1S/C22H29ClN4O3/c23-19-3-1-2-18(14-19)15-27(11-10-26-9-8-24-17-26)16-21(28)25-20-4-6-22(7-5-20)29-12-13-30-22/h1-3,8-9,14,17,20H,4-7,10-13,15-16H2,(H,25,28). The van der Waals surface area contributed by atoms with E-state index >= 15 is 0 Å². The number of aromatic nitrogens is 2. The minimum absolute atomic E-state index is 0.0527. The van der Waals surface area contributed by atoms with Gasteiger partial charge in [-0.1, -0.05) is 23.7 Å². The van der Waals surface area contributed by atoms with Crippen LogP contribution in [0, 0.1) is 0 Å². The average Bonchev–Trinajstić information content (AvgIpc) is 3.41. The van der Waals surface area contributed by atoms with E-state index in [1.165, 1.54) is 0 Å². The summed E-state index contributed by atoms with van der Waals surface area (Å²) in [6, 6.07) is 7.97. The van der Waals surface area contributed by atoms with Crippen LogP contribution in [-0.4, -0.2) is 58.5 Å². The quantitative estimate of drug-likeness (QED) is 0.694. The fourth-order valence-electron chi connectivity index (χ4n) is 4.25. The monoisotopic (exact) mass is 432 g/mol. The smallest absolute Gasteiger partial charge is 0.234 e. The van der Waals surface area contributed by atoms with E-state index in [0.29, 0.717) is 31.3 Å². The fourth-order valence-corrected chi connectivity index (χ4v) is 4.46. The van der Waals surface area contributed by atoms with Crippen molar-refractivity contribution in [2.24, 2.45) is 0 Å². The van der Waals surface area contributed by atoms with Crippen molar-refractivity contribution in [2.45, 2.75) is 50.6 Å². The predicted octanol–water partition coefficient (Wildman–Crippen LogP) is 2.84. The van der Waals surface area contributed by atoms with E-state index < -0.39 is 5.79 Å². The Bertz CT molecular complexity index is 814. The Labute approximate surface area is 182 Å². The number of rotatable bonds is 8. The summed E-state index contributed by atoms with van der Waals surface area (Å²) < 4.78 is 13.6. The first-order chi connectivity index (χ1) is 14.6. The highest BCUT2D eigenvalue weighted by Gasteiger charge is 2.40. The first kappa shape index (κ1) is 21.3. The Balaban J connectivity index is 1.31. The Kier molecular flexibility index (Phi) is 7.04. The van der Waals surface area contributed by atoms with Gasteiger partial charge in [-0.3, -0.25) is 9.69 Å². The van der Waals surface area contributed by atoms with E-state index in [1.807, 2.05) is 35.0 Å². The van der Waals surface area contributed by atoms with Crippen molar-refractivity contribution < 1.29 is 14.3 Å². The van der Waals surface area contributed by atoms with Crippen molar-refractivity contribution in [1.29, 1.82) is 0 Å². The molecule has 0 radical (unpaired) electrons. The maximum absolute atomic E-state index is 12.8. The number of hydrogen-bond acceptors (Lipinski definition) is 5. The number of amides is 1. The van der Waals surface area contributed by atoms with E-state index in [1.54, 1.807) is 12.5 Å². The van der Waals surface area contributed by atoms with Crippen LogP contribution in [0.5, 0.6) is 0 Å². The lowest BCUT2D eigenvalue weighted by molar-refractivity contribution is -0.180. The minimum atomic E-state index is -0.398. The number of imidazole rings is 1. The van der Waals surface area contributed by atoms with Gasteiger partial charge in [0.15, 0.2) is 5.79 Å². The molecule has 0 unspecified atom stereocenters. The van der Waals surface area contributed by atoms with E-state index in [2.05, 4.69) is 15.2 Å². The molecule has 1 aromatic heterocycles. The van der Waals surface area contributed by atoms with Crippen molar-refractivity contribution in [3.8, 4) is 0 Å². The molecule has 1 spiro atoms. The summed E-state index contributed by atoms with van der Waals surface area (Å²) in [5, 5.41) is 3.92. The summed E-state index contributed by atoms with van der Waals surface area (Å²) in [5.74, 6) is -0.346. The van der Waals surface area contributed by atoms with Crippen LogP contribution >= 0.6 is 11.6 Å². The van der Waals surface area contributed by atoms with Gasteiger partial charge in [0.25, 0.3) is 0 Å². The van der Waals surface area contributed by atoms with Gasteiger partial charge in [0.05, 0.1) is 26.1 Å². The number of benzene rings is 1. The first-order valence-electron chi connectivity index (χ1n) is 10.6. The third kappa shape index (κ3) is 5.82. The average molecular weight is 433 g/mol. The van der Waals surface area contributed by atoms with Crippen LogP contribution in [0.4, 0.5) is 0 Å². The van der Waals surface area contributed by atoms with Gasteiger partial charge >= 0.3 is 0 Å². The molecule has 8 heteroatoms. The Hall–Kier alpha value is -1.93. The molecule has 2 aromatic rings. The molecule has 0 bridgehead atoms. The van der Waals surface area contributed by atoms with Crippen molar-refractivity contribution in [3.05, 3.63) is 53.6 Å². The number of carbonyl (C=O) groups is 1. The van der Waals surface area contributed by atoms with Gasteiger partial charge in [0, 0.05) is 55.9 Å². The third-order valence-corrected chi connectivity index (χ3v) is 6.06. The number of halogens is 1. The topological polar surface area (TPSA) is 68.6 Å². The number of ether oxygens (including phenoxy) is 2. The summed E-state index contributed by atoms with van der Waals surface area (Å²) in [7, 11) is 0. The molecular weight excluding hydrogens is 404 g/mol. The number of hydrogen-bond donors (Lipinski definition) is 1. The Morgan fingerprint density at radius 2 is 2.10 bits per heavy atom. The molecule has 1 aliphatic carbocycles. The lowest BCUT2D eigenvalue weighted by Gasteiger charge is -2.35. The SMILES string of the molecule is O=C(CN(CCn1ccnc1)Cc1cccc(Cl)c1)NC1CCC2(CC1)OCCO2. The summed E-state index contributed by atoms with van der Waals surface area (Å²) in [6.07, 6.45) is 8.94. The molecule has 1 N–H and O–H groups in total. The van der Waals surface area contributed by atoms with E-state index in [0.717, 1.165) is 44.3 Å². The van der Waals surface area contributed by atoms with Gasteiger partial charge in [0.2, 0.25) is 5.91 Å². The van der Waals surface area contributed by atoms with Crippen molar-refractivity contribution in [1.82, 2.24) is 19.8 Å². The zero-order valence-electron chi connectivity index (χ0n) is 17.1. The molecule has 162 valence electrons. The number of nitrogens with one attached hydrogen (secondary N) is 1. The molecule has 4 rings (SSSR count). The van der Waals surface area contributed by atoms with Crippen LogP contribution in [0.3, 0.4) is 0 Å². The Morgan fingerprint density at radius 1 is 1.30 bits per heavy atom. The van der Waals surface area contributed by atoms with Crippen LogP contribution in [0.15, 0.2) is 43.0 Å². The highest BCUT2D eigenvalue weighted by molar-refractivity contribution is 6.30. The van der Waals surface area contributed by atoms with Crippen LogP contribution in [0.25, 0.3) is 0 Å². The largest absolute Gasteiger partial charge is 0.352 e. The lowest BCUT2D eigenvalue weighted by Crippen LogP contribution is -2.47. The summed E-state index contributed by atoms with van der Waals surface area (Å²) >= 11 is 6.14. The van der Waals surface area contributed by atoms with Gasteiger partial charge < -0.3 is 19.4 Å². The highest BCUT2D eigenvalue weighted by atomic mass is 35.5. The summed E-state index contributed by atoms with van der Waals surface area (Å²) in [4.78, 5) is 19.0. The second-order valence-corrected chi connectivity index (χ2v) is 8.53. The molecule has 2 heterocycles. The van der Waals surface area contributed by atoms with E-state index in [4.69, 9.17) is 21.1 Å². The predicted molar refractivity (Wildman–Crippen MR) is 114 cm³/mol. The van der Waals surface area contributed by atoms with Crippen LogP contribution < -0.4 is 5.32 Å². The zero-order chi connectivity index (χ0) is 20.8.